The molecule has 0 aliphatic carbocycles. The van der Waals surface area contributed by atoms with E-state index >= 15 is 0 Å². The number of hydrogen-bond donors (Lipinski definition) is 4. The summed E-state index contributed by atoms with van der Waals surface area (Å²) in [6.45, 7) is 5.11. The fourth-order valence-corrected chi connectivity index (χ4v) is 2.80. The van der Waals surface area contributed by atoms with Gasteiger partial charge in [0.15, 0.2) is 17.4 Å². The van der Waals surface area contributed by atoms with Crippen LogP contribution < -0.4 is 10.1 Å². The molecule has 0 saturated heterocycles. The van der Waals surface area contributed by atoms with Gasteiger partial charge in [0.2, 0.25) is 0 Å². The third-order valence-electron chi connectivity index (χ3n) is 5.04. The van der Waals surface area contributed by atoms with E-state index in [1.54, 1.807) is 18.0 Å². The maximum absolute atomic E-state index is 14.4. The molecule has 0 aliphatic heterocycles. The molecule has 2 amide bonds. The molecule has 0 saturated carbocycles. The van der Waals surface area contributed by atoms with Crippen molar-refractivity contribution in [2.75, 3.05) is 39.6 Å². The summed E-state index contributed by atoms with van der Waals surface area (Å²) in [4.78, 5) is 32.8. The van der Waals surface area contributed by atoms with Gasteiger partial charge in [-0.15, -0.1) is 0 Å². The fourth-order valence-electron chi connectivity index (χ4n) is 2.80. The number of carboxylic acids is 1. The van der Waals surface area contributed by atoms with Gasteiger partial charge in [0, 0.05) is 31.8 Å². The first-order valence-electron chi connectivity index (χ1n) is 11.1. The van der Waals surface area contributed by atoms with Gasteiger partial charge in [-0.3, -0.25) is 5.10 Å². The highest BCUT2D eigenvalue weighted by Crippen LogP contribution is 2.29. The highest BCUT2D eigenvalue weighted by atomic mass is 31.0. The molecule has 37 heavy (non-hydrogen) atoms. The third-order valence-corrected chi connectivity index (χ3v) is 5.29. The second-order valence-corrected chi connectivity index (χ2v) is 9.34. The normalized spacial score (nSPS) is 11.4. The number of carbonyl (C=O) groups excluding carboxylic acids is 1. The van der Waals surface area contributed by atoms with Crippen LogP contribution in [0.1, 0.15) is 20.3 Å². The highest BCUT2D eigenvalue weighted by Gasteiger charge is 2.31. The van der Waals surface area contributed by atoms with Crippen LogP contribution in [0.25, 0.3) is 22.6 Å². The molecule has 3 rings (SSSR count). The van der Waals surface area contributed by atoms with Crippen molar-refractivity contribution in [3.63, 3.8) is 0 Å². The smallest absolute Gasteiger partial charge is 0.378 e. The van der Waals surface area contributed by atoms with Crippen molar-refractivity contribution in [1.82, 2.24) is 30.0 Å². The first-order chi connectivity index (χ1) is 17.2. The number of rotatable bonds is 9. The zero-order chi connectivity index (χ0) is 27.9. The number of ether oxygens (including phenoxy) is 1. The Balaban J connectivity index is 0.000000604. The lowest BCUT2D eigenvalue weighted by Gasteiger charge is -2.21. The molecule has 0 aliphatic rings. The lowest BCUT2D eigenvalue weighted by Crippen LogP contribution is -2.36. The van der Waals surface area contributed by atoms with Crippen molar-refractivity contribution in [3.05, 3.63) is 24.1 Å². The van der Waals surface area contributed by atoms with Gasteiger partial charge >= 0.3 is 17.7 Å². The Kier molecular flexibility index (Phi) is 10.3. The van der Waals surface area contributed by atoms with Gasteiger partial charge in [-0.25, -0.2) is 19.0 Å². The lowest BCUT2D eigenvalue weighted by atomic mass is 10.3. The summed E-state index contributed by atoms with van der Waals surface area (Å²) in [5, 5.41) is 17.1. The molecule has 0 radical (unpaired) electrons. The number of nitrogens with one attached hydrogen (secondary N) is 3. The van der Waals surface area contributed by atoms with Crippen LogP contribution in [0.5, 0.6) is 5.75 Å². The molecule has 204 valence electrons. The van der Waals surface area contributed by atoms with Gasteiger partial charge in [-0.2, -0.15) is 13.9 Å². The Morgan fingerprint density at radius 3 is 2.49 bits per heavy atom. The van der Waals surface area contributed by atoms with E-state index in [1.165, 1.54) is 12.3 Å². The fraction of sp³-hybridized carbons (Fsp3) is 0.455. The van der Waals surface area contributed by atoms with Crippen molar-refractivity contribution in [1.29, 1.82) is 0 Å². The topological polar surface area (TPSA) is 139 Å². The number of imidazole rings is 1. The summed E-state index contributed by atoms with van der Waals surface area (Å²) < 4.78 is 42.4. The van der Waals surface area contributed by atoms with Gasteiger partial charge in [0.05, 0.1) is 29.5 Å². The van der Waals surface area contributed by atoms with Crippen molar-refractivity contribution in [2.24, 2.45) is 0 Å². The Morgan fingerprint density at radius 2 is 1.92 bits per heavy atom. The summed E-state index contributed by atoms with van der Waals surface area (Å²) in [6.07, 6.45) is 2.30. The number of halogens is 3. The number of hydrogen-bond acceptors (Lipinski definition) is 6. The number of carboxylic acid groups (broad SMARTS) is 1. The number of amides is 2. The standard InChI is InChI=1S/C20H28FN7O2.C2H3F2O2P/c1-12(2)28(5)20(29)25-16-11-22-26-18(16)19-23-14-9-13(21)17(10-15(14)24-19)30-8-6-7-27(3)4;3-2(4,7)1(5)6/h9-12H,6-8H2,1-5H3,(H,22,26)(H,23,24)(H,25,29);7H2,(H,5,6). The number of carbonyl (C=O) groups is 2. The van der Waals surface area contributed by atoms with Crippen LogP contribution in [0.4, 0.5) is 23.7 Å². The minimum absolute atomic E-state index is 0.0469. The van der Waals surface area contributed by atoms with Gasteiger partial charge in [0.25, 0.3) is 0 Å². The first kappa shape index (κ1) is 29.8. The van der Waals surface area contributed by atoms with E-state index in [2.05, 4.69) is 25.5 Å². The van der Waals surface area contributed by atoms with E-state index in [0.29, 0.717) is 34.8 Å². The van der Waals surface area contributed by atoms with Crippen molar-refractivity contribution in [2.45, 2.75) is 32.0 Å². The summed E-state index contributed by atoms with van der Waals surface area (Å²) in [6, 6.07) is 2.71. The van der Waals surface area contributed by atoms with Gasteiger partial charge < -0.3 is 29.9 Å². The second kappa shape index (κ2) is 12.7. The zero-order valence-electron chi connectivity index (χ0n) is 21.1. The predicted octanol–water partition coefficient (Wildman–Crippen LogP) is 3.83. The molecule has 1 atom stereocenters. The number of aromatic nitrogens is 4. The number of fused-ring (bicyclic) bond motifs is 1. The van der Waals surface area contributed by atoms with Gasteiger partial charge in [-0.1, -0.05) is 0 Å². The largest absolute Gasteiger partial charge is 0.490 e. The van der Waals surface area contributed by atoms with Crippen molar-refractivity contribution < 1.29 is 32.6 Å². The van der Waals surface area contributed by atoms with E-state index in [4.69, 9.17) is 9.84 Å². The zero-order valence-corrected chi connectivity index (χ0v) is 22.3. The van der Waals surface area contributed by atoms with E-state index in [-0.39, 0.29) is 17.8 Å². The minimum Gasteiger partial charge on any atom is -0.490 e. The summed E-state index contributed by atoms with van der Waals surface area (Å²) in [5.41, 5.74) is -1.60. The molecule has 15 heteroatoms. The number of benzene rings is 1. The summed E-state index contributed by atoms with van der Waals surface area (Å²) in [5.74, 6) is -1.98. The number of aromatic amines is 2. The lowest BCUT2D eigenvalue weighted by molar-refractivity contribution is -0.153. The molecule has 3 aromatic rings. The summed E-state index contributed by atoms with van der Waals surface area (Å²) >= 11 is 0. The summed E-state index contributed by atoms with van der Waals surface area (Å²) in [7, 11) is 6.56. The number of anilines is 1. The Bertz CT molecular complexity index is 1210. The first-order valence-corrected chi connectivity index (χ1v) is 11.7. The molecule has 11 nitrogen and oxygen atoms in total. The molecular weight excluding hydrogens is 514 g/mol. The van der Waals surface area contributed by atoms with Crippen LogP contribution in [0, 0.1) is 5.82 Å². The van der Waals surface area contributed by atoms with Crippen LogP contribution in [0.15, 0.2) is 18.3 Å². The molecular formula is C22H31F3N7O4P. The van der Waals surface area contributed by atoms with Crippen molar-refractivity contribution in [3.8, 4) is 17.3 Å². The van der Waals surface area contributed by atoms with Crippen LogP contribution >= 0.6 is 9.24 Å². The van der Waals surface area contributed by atoms with E-state index in [1.807, 2.05) is 32.8 Å². The Morgan fingerprint density at radius 1 is 1.27 bits per heavy atom. The molecule has 2 aromatic heterocycles. The molecule has 4 N–H and O–H groups in total. The number of H-pyrrole nitrogens is 2. The number of alkyl halides is 2. The molecule has 1 unspecified atom stereocenters. The maximum Gasteiger partial charge on any atom is 0.378 e. The molecule has 0 spiro atoms. The van der Waals surface area contributed by atoms with Crippen LogP contribution in [-0.2, 0) is 4.79 Å². The van der Waals surface area contributed by atoms with E-state index in [9.17, 15) is 22.8 Å². The Labute approximate surface area is 214 Å². The van der Waals surface area contributed by atoms with Crippen LogP contribution in [0.3, 0.4) is 0 Å². The molecule has 2 heterocycles. The average molecular weight is 546 g/mol. The number of urea groups is 1. The monoisotopic (exact) mass is 545 g/mol. The minimum atomic E-state index is -3.67. The maximum atomic E-state index is 14.4. The highest BCUT2D eigenvalue weighted by molar-refractivity contribution is 7.20. The van der Waals surface area contributed by atoms with Gasteiger partial charge in [-0.05, 0) is 43.6 Å². The van der Waals surface area contributed by atoms with Gasteiger partial charge in [0.1, 0.15) is 5.69 Å². The van der Waals surface area contributed by atoms with E-state index < -0.39 is 17.5 Å². The van der Waals surface area contributed by atoms with Crippen LogP contribution in [0.2, 0.25) is 0 Å². The average Bonchev–Trinajstić information content (AvgIpc) is 3.41. The Hall–Kier alpha value is -3.38. The second-order valence-electron chi connectivity index (χ2n) is 8.61. The number of nitrogens with zero attached hydrogens (tertiary/aromatic N) is 4. The third kappa shape index (κ3) is 8.60. The van der Waals surface area contributed by atoms with Crippen LogP contribution in [-0.4, -0.2) is 93.1 Å². The molecule has 1 aromatic carbocycles. The quantitative estimate of drug-likeness (QED) is 0.237. The number of aliphatic carboxylic acids is 1. The molecule has 0 bridgehead atoms. The van der Waals surface area contributed by atoms with Crippen molar-refractivity contribution >= 4 is 38.0 Å². The van der Waals surface area contributed by atoms with E-state index in [0.717, 1.165) is 22.2 Å². The SMILES string of the molecule is CC(C)N(C)C(=O)Nc1cn[nH]c1-c1nc2cc(OCCCN(C)C)c(F)cc2[nH]1.O=C(O)C(F)(F)P. The predicted molar refractivity (Wildman–Crippen MR) is 137 cm³/mol. The molecule has 0 fully saturated rings.